The van der Waals surface area contributed by atoms with Crippen LogP contribution in [0.4, 0.5) is 0 Å². The summed E-state index contributed by atoms with van der Waals surface area (Å²) in [5, 5.41) is 22.3. The van der Waals surface area contributed by atoms with E-state index in [2.05, 4.69) is 21.3 Å². The molecule has 200 valence electrons. The Morgan fingerprint density at radius 1 is 1.15 bits per heavy atom. The van der Waals surface area contributed by atoms with E-state index >= 15 is 0 Å². The Hall–Kier alpha value is -2.85. The minimum absolute atomic E-state index is 0. The van der Waals surface area contributed by atoms with E-state index in [-0.39, 0.29) is 55.7 Å². The second-order valence-corrected chi connectivity index (χ2v) is 7.38. The van der Waals surface area contributed by atoms with Crippen LogP contribution in [-0.4, -0.2) is 74.7 Å². The zero-order valence-corrected chi connectivity index (χ0v) is 19.4. The fourth-order valence-electron chi connectivity index (χ4n) is 2.88. The van der Waals surface area contributed by atoms with Crippen LogP contribution >= 0.6 is 0 Å². The number of likely N-dealkylation sites (N-methyl/N-ethyl adjacent to an activating group) is 3. The highest BCUT2D eigenvalue weighted by Gasteiger charge is 2.34. The van der Waals surface area contributed by atoms with Gasteiger partial charge in [-0.2, -0.15) is 0 Å². The summed E-state index contributed by atoms with van der Waals surface area (Å²) < 4.78 is 0. The number of hydrogen-bond acceptors (Lipinski definition) is 9. The summed E-state index contributed by atoms with van der Waals surface area (Å²) in [6, 6.07) is -1.22. The third-order valence-corrected chi connectivity index (χ3v) is 4.76. The second kappa shape index (κ2) is 17.6. The van der Waals surface area contributed by atoms with Gasteiger partial charge in [0, 0.05) is 46.8 Å². The van der Waals surface area contributed by atoms with Crippen molar-refractivity contribution < 1.29 is 34.4 Å². The third-order valence-electron chi connectivity index (χ3n) is 4.76. The van der Waals surface area contributed by atoms with Crippen LogP contribution in [0.1, 0.15) is 46.0 Å². The first-order valence-corrected chi connectivity index (χ1v) is 10.2. The molecule has 2 fully saturated rings. The highest BCUT2D eigenvalue weighted by atomic mass is 16.3. The predicted molar refractivity (Wildman–Crippen MR) is 123 cm³/mol. The Bertz CT molecular complexity index is 675. The van der Waals surface area contributed by atoms with Gasteiger partial charge in [-0.1, -0.05) is 7.43 Å². The van der Waals surface area contributed by atoms with E-state index in [9.17, 15) is 29.1 Å². The van der Waals surface area contributed by atoms with Crippen LogP contribution in [0.2, 0.25) is 0 Å². The maximum atomic E-state index is 11.1. The van der Waals surface area contributed by atoms with Gasteiger partial charge in [0.25, 0.3) is 5.91 Å². The van der Waals surface area contributed by atoms with Crippen molar-refractivity contribution in [2.24, 2.45) is 17.2 Å². The number of rotatable bonds is 6. The number of quaternary nitrogens is 1. The molecule has 15 heteroatoms. The lowest BCUT2D eigenvalue weighted by atomic mass is 10.1. The average Bonchev–Trinajstić information content (AvgIpc) is 3.35. The summed E-state index contributed by atoms with van der Waals surface area (Å²) in [7, 11) is 4.61. The molecule has 4 unspecified atom stereocenters. The van der Waals surface area contributed by atoms with E-state index in [4.69, 9.17) is 17.2 Å². The summed E-state index contributed by atoms with van der Waals surface area (Å²) in [5.41, 5.74) is 15.5. The Labute approximate surface area is 200 Å². The molecule has 0 bridgehead atoms. The minimum atomic E-state index is -1.49. The minimum Gasteiger partial charge on any atom is -0.791 e. The Kier molecular flexibility index (Phi) is 18.5. The summed E-state index contributed by atoms with van der Waals surface area (Å²) in [4.78, 5) is 53.4. The van der Waals surface area contributed by atoms with Crippen molar-refractivity contribution in [3.63, 3.8) is 0 Å². The number of carbonyl (C=O) groups excluding carboxylic acids is 5. The van der Waals surface area contributed by atoms with Crippen molar-refractivity contribution in [2.75, 3.05) is 21.1 Å². The van der Waals surface area contributed by atoms with Crippen molar-refractivity contribution in [1.29, 1.82) is 0 Å². The summed E-state index contributed by atoms with van der Waals surface area (Å²) in [6.07, 6.45) is 2.46. The molecule has 4 atom stereocenters. The Morgan fingerprint density at radius 3 is 2.06 bits per heavy atom. The van der Waals surface area contributed by atoms with Crippen LogP contribution < -0.4 is 55.0 Å². The number of primary amides is 1. The van der Waals surface area contributed by atoms with Gasteiger partial charge in [-0.25, -0.2) is 0 Å². The van der Waals surface area contributed by atoms with E-state index in [1.165, 1.54) is 12.4 Å². The smallest absolute Gasteiger partial charge is 0.277 e. The van der Waals surface area contributed by atoms with Crippen LogP contribution in [-0.2, 0) is 24.0 Å². The lowest BCUT2D eigenvalue weighted by Crippen LogP contribution is -3.05. The first-order valence-electron chi connectivity index (χ1n) is 10.2. The fourth-order valence-corrected chi connectivity index (χ4v) is 2.88. The van der Waals surface area contributed by atoms with Crippen molar-refractivity contribution >= 4 is 29.5 Å². The molecule has 2 saturated heterocycles. The van der Waals surface area contributed by atoms with Crippen LogP contribution in [0.15, 0.2) is 0 Å². The van der Waals surface area contributed by atoms with Gasteiger partial charge in [0.15, 0.2) is 6.04 Å². The Balaban J connectivity index is -0.000000412. The molecule has 2 aliphatic heterocycles. The molecule has 2 rings (SSSR count). The molecule has 0 aromatic carbocycles. The monoisotopic (exact) mass is 493 g/mol. The van der Waals surface area contributed by atoms with Crippen molar-refractivity contribution in [2.45, 2.75) is 69.9 Å². The molecule has 34 heavy (non-hydrogen) atoms. The molecule has 0 radical (unpaired) electrons. The quantitative estimate of drug-likeness (QED) is 0.159. The molecule has 15 nitrogen and oxygen atoms in total. The number of amides is 5. The van der Waals surface area contributed by atoms with Crippen LogP contribution in [0, 0.1) is 0 Å². The van der Waals surface area contributed by atoms with Gasteiger partial charge >= 0.3 is 0 Å². The summed E-state index contributed by atoms with van der Waals surface area (Å²) >= 11 is 0. The maximum Gasteiger partial charge on any atom is 0.277 e. The topological polar surface area (TPSA) is 286 Å². The molecule has 2 aliphatic rings. The zero-order chi connectivity index (χ0) is 24.9. The van der Waals surface area contributed by atoms with Crippen LogP contribution in [0.5, 0.6) is 0 Å². The molecular weight excluding hydrogens is 450 g/mol. The third kappa shape index (κ3) is 14.3. The van der Waals surface area contributed by atoms with E-state index in [1.54, 1.807) is 14.1 Å². The second-order valence-electron chi connectivity index (χ2n) is 7.38. The van der Waals surface area contributed by atoms with Crippen molar-refractivity contribution in [1.82, 2.24) is 27.4 Å². The van der Waals surface area contributed by atoms with Gasteiger partial charge in [0.1, 0.15) is 6.04 Å². The predicted octanol–water partition coefficient (Wildman–Crippen LogP) is -5.43. The lowest BCUT2D eigenvalue weighted by molar-refractivity contribution is -0.855. The van der Waals surface area contributed by atoms with Gasteiger partial charge in [-0.15, -0.1) is 0 Å². The largest absolute Gasteiger partial charge is 0.791 e. The molecule has 2 heterocycles. The molecular formula is C19H43N9O6. The number of hydrogen-bond donors (Lipinski definition) is 9. The van der Waals surface area contributed by atoms with Gasteiger partial charge < -0.3 is 49.3 Å². The summed E-state index contributed by atoms with van der Waals surface area (Å²) in [6.45, 7) is 0. The van der Waals surface area contributed by atoms with Crippen LogP contribution in [0.3, 0.4) is 0 Å². The van der Waals surface area contributed by atoms with E-state index in [0.29, 0.717) is 32.1 Å². The zero-order valence-electron chi connectivity index (χ0n) is 19.4. The van der Waals surface area contributed by atoms with Crippen molar-refractivity contribution in [3.05, 3.63) is 0 Å². The first-order chi connectivity index (χ1) is 14.9. The van der Waals surface area contributed by atoms with Gasteiger partial charge in [0.2, 0.25) is 23.6 Å². The highest BCUT2D eigenvalue weighted by Crippen LogP contribution is 2.05. The lowest BCUT2D eigenvalue weighted by Gasteiger charge is -2.26. The molecule has 15 N–H and O–H groups in total. The molecule has 0 aliphatic carbocycles. The van der Waals surface area contributed by atoms with Gasteiger partial charge in [-0.3, -0.25) is 29.7 Å². The van der Waals surface area contributed by atoms with E-state index < -0.39 is 17.8 Å². The SMILES string of the molecule is C.CNC(=O)C(N)CCC(N)=O.CNC(=O)C1CCC(=O)N1.CNC(=O)C1CCC(N)([O-])[NH2+]1.N. The summed E-state index contributed by atoms with van der Waals surface area (Å²) in [5.74, 6) is -2.46. The van der Waals surface area contributed by atoms with Crippen molar-refractivity contribution in [3.8, 4) is 0 Å². The fraction of sp³-hybridized carbons (Fsp3) is 0.737. The standard InChI is InChI=1S/C6H12N3O2.C6H13N3O2.C6H10N2O2.CH4.H3N/c1-8-5(10)4-2-3-6(7,11)9-4;1-9-6(11)4(7)2-3-5(8)10;1-7-6(10)4-2-3-5(9)8-4;;/h4,9H,2-3,7H2,1H3,(H,8,10);4H,2-3,7H2,1H3,(H2,8,10)(H,9,11);4H,2-3H2,1H3,(H,7,10)(H,8,9);1H4;1H3/q-1;;;;/p+1. The van der Waals surface area contributed by atoms with Crippen LogP contribution in [0.25, 0.3) is 0 Å². The number of carbonyl (C=O) groups is 5. The van der Waals surface area contributed by atoms with Gasteiger partial charge in [-0.05, 0) is 12.8 Å². The highest BCUT2D eigenvalue weighted by molar-refractivity contribution is 5.90. The van der Waals surface area contributed by atoms with Gasteiger partial charge in [0.05, 0.1) is 11.9 Å². The van der Waals surface area contributed by atoms with E-state index in [1.807, 2.05) is 0 Å². The molecule has 0 saturated carbocycles. The molecule has 0 aromatic heterocycles. The first kappa shape index (κ1) is 35.7. The maximum absolute atomic E-state index is 11.1. The van der Waals surface area contributed by atoms with E-state index in [0.717, 1.165) is 0 Å². The normalized spacial score (nSPS) is 23.1. The number of nitrogens with one attached hydrogen (secondary N) is 4. The molecule has 0 aromatic rings. The average molecular weight is 494 g/mol. The molecule has 0 spiro atoms. The number of nitrogens with two attached hydrogens (primary N) is 4. The Morgan fingerprint density at radius 2 is 1.71 bits per heavy atom. The molecule has 5 amide bonds.